The maximum Gasteiger partial charge on any atom is 0.132 e. The standard InChI is InChI=1S/C9H19NO3/c1-9(11)5-8-13-12-7-4-3-6-10-2/h10H,3-8H2,1-2H3. The topological polar surface area (TPSA) is 47.6 Å². The van der Waals surface area contributed by atoms with Gasteiger partial charge < -0.3 is 5.32 Å². The molecule has 4 nitrogen and oxygen atoms in total. The van der Waals surface area contributed by atoms with Crippen LogP contribution in [0.25, 0.3) is 0 Å². The molecule has 0 heterocycles. The second kappa shape index (κ2) is 9.64. The predicted octanol–water partition coefficient (Wildman–Crippen LogP) is 0.913. The highest BCUT2D eigenvalue weighted by atomic mass is 17.2. The van der Waals surface area contributed by atoms with E-state index in [2.05, 4.69) is 5.32 Å². The molecule has 4 heteroatoms. The summed E-state index contributed by atoms with van der Waals surface area (Å²) in [7, 11) is 1.92. The van der Waals surface area contributed by atoms with E-state index in [1.165, 1.54) is 6.92 Å². The molecular weight excluding hydrogens is 170 g/mol. The first-order chi connectivity index (χ1) is 6.27. The number of nitrogens with one attached hydrogen (secondary N) is 1. The molecule has 0 aromatic rings. The van der Waals surface area contributed by atoms with Gasteiger partial charge in [-0.25, -0.2) is 9.78 Å². The minimum absolute atomic E-state index is 0.124. The van der Waals surface area contributed by atoms with Crippen molar-refractivity contribution in [1.82, 2.24) is 5.32 Å². The molecule has 0 bridgehead atoms. The van der Waals surface area contributed by atoms with Gasteiger partial charge in [-0.1, -0.05) is 0 Å². The fourth-order valence-electron chi connectivity index (χ4n) is 0.766. The summed E-state index contributed by atoms with van der Waals surface area (Å²) in [6.07, 6.45) is 2.48. The number of rotatable bonds is 9. The summed E-state index contributed by atoms with van der Waals surface area (Å²) in [5, 5.41) is 3.04. The molecule has 78 valence electrons. The van der Waals surface area contributed by atoms with Crippen LogP contribution in [0.2, 0.25) is 0 Å². The number of Topliss-reactive ketones (excluding diaryl/α,β-unsaturated/α-hetero) is 1. The Hall–Kier alpha value is -0.450. The van der Waals surface area contributed by atoms with Crippen molar-refractivity contribution in [3.63, 3.8) is 0 Å². The van der Waals surface area contributed by atoms with Gasteiger partial charge >= 0.3 is 0 Å². The third-order valence-corrected chi connectivity index (χ3v) is 1.53. The number of carbonyl (C=O) groups excluding carboxylic acids is 1. The van der Waals surface area contributed by atoms with E-state index >= 15 is 0 Å². The highest BCUT2D eigenvalue weighted by Crippen LogP contribution is 1.91. The van der Waals surface area contributed by atoms with E-state index in [1.807, 2.05) is 7.05 Å². The third kappa shape index (κ3) is 11.5. The molecule has 0 radical (unpaired) electrons. The highest BCUT2D eigenvalue weighted by Gasteiger charge is 1.94. The molecule has 0 aliphatic carbocycles. The molecule has 0 unspecified atom stereocenters. The zero-order valence-electron chi connectivity index (χ0n) is 8.47. The lowest BCUT2D eigenvalue weighted by molar-refractivity contribution is -0.294. The van der Waals surface area contributed by atoms with Crippen molar-refractivity contribution in [1.29, 1.82) is 0 Å². The van der Waals surface area contributed by atoms with E-state index in [-0.39, 0.29) is 5.78 Å². The Bertz CT molecular complexity index is 128. The summed E-state index contributed by atoms with van der Waals surface area (Å²) in [6.45, 7) is 3.49. The van der Waals surface area contributed by atoms with E-state index in [1.54, 1.807) is 0 Å². The van der Waals surface area contributed by atoms with Gasteiger partial charge in [0, 0.05) is 6.42 Å². The summed E-state index contributed by atoms with van der Waals surface area (Å²) in [6, 6.07) is 0. The molecule has 0 aliphatic rings. The van der Waals surface area contributed by atoms with Gasteiger partial charge in [-0.15, -0.1) is 0 Å². The summed E-state index contributed by atoms with van der Waals surface area (Å²) < 4.78 is 0. The van der Waals surface area contributed by atoms with Gasteiger partial charge in [-0.2, -0.15) is 0 Å². The Morgan fingerprint density at radius 1 is 1.23 bits per heavy atom. The molecule has 0 aromatic carbocycles. The highest BCUT2D eigenvalue weighted by molar-refractivity contribution is 5.75. The number of hydrogen-bond acceptors (Lipinski definition) is 4. The van der Waals surface area contributed by atoms with Crippen LogP contribution < -0.4 is 5.32 Å². The number of carbonyl (C=O) groups is 1. The van der Waals surface area contributed by atoms with Crippen molar-refractivity contribution in [2.24, 2.45) is 0 Å². The molecule has 0 saturated heterocycles. The minimum atomic E-state index is 0.124. The SMILES string of the molecule is CNCCCCOOCCC(C)=O. The normalized spacial score (nSPS) is 10.3. The lowest BCUT2D eigenvalue weighted by Gasteiger charge is -2.02. The average Bonchev–Trinajstić information content (AvgIpc) is 2.09. The maximum absolute atomic E-state index is 10.5. The van der Waals surface area contributed by atoms with Crippen LogP contribution in [0.5, 0.6) is 0 Å². The molecule has 0 aromatic heterocycles. The first kappa shape index (κ1) is 12.6. The quantitative estimate of drug-likeness (QED) is 0.333. The number of hydrogen-bond donors (Lipinski definition) is 1. The zero-order chi connectivity index (χ0) is 9.94. The van der Waals surface area contributed by atoms with Crippen molar-refractivity contribution in [2.75, 3.05) is 26.8 Å². The molecule has 0 amide bonds. The van der Waals surface area contributed by atoms with Crippen LogP contribution in [0.1, 0.15) is 26.2 Å². The molecule has 0 spiro atoms. The Morgan fingerprint density at radius 3 is 2.54 bits per heavy atom. The molecule has 0 rings (SSSR count). The zero-order valence-corrected chi connectivity index (χ0v) is 8.47. The molecule has 0 fully saturated rings. The van der Waals surface area contributed by atoms with Gasteiger partial charge in [-0.3, -0.25) is 4.79 Å². The van der Waals surface area contributed by atoms with Gasteiger partial charge in [0.05, 0.1) is 13.2 Å². The van der Waals surface area contributed by atoms with Crippen LogP contribution in [0.15, 0.2) is 0 Å². The van der Waals surface area contributed by atoms with Crippen molar-refractivity contribution in [3.8, 4) is 0 Å². The molecule has 0 saturated carbocycles. The summed E-state index contributed by atoms with van der Waals surface area (Å²) in [4.78, 5) is 20.1. The van der Waals surface area contributed by atoms with Crippen molar-refractivity contribution in [2.45, 2.75) is 26.2 Å². The first-order valence-corrected chi connectivity index (χ1v) is 4.66. The van der Waals surface area contributed by atoms with Gasteiger partial charge in [0.2, 0.25) is 0 Å². The third-order valence-electron chi connectivity index (χ3n) is 1.53. The van der Waals surface area contributed by atoms with Gasteiger partial charge in [0.15, 0.2) is 0 Å². The summed E-state index contributed by atoms with van der Waals surface area (Å²) in [5.74, 6) is 0.124. The van der Waals surface area contributed by atoms with E-state index in [9.17, 15) is 4.79 Å². The average molecular weight is 189 g/mol. The van der Waals surface area contributed by atoms with Crippen LogP contribution in [0.4, 0.5) is 0 Å². The summed E-state index contributed by atoms with van der Waals surface area (Å²) in [5.41, 5.74) is 0. The Morgan fingerprint density at radius 2 is 1.92 bits per heavy atom. The van der Waals surface area contributed by atoms with Crippen LogP contribution in [0.3, 0.4) is 0 Å². The van der Waals surface area contributed by atoms with Gasteiger partial charge in [-0.05, 0) is 33.4 Å². The number of ketones is 1. The van der Waals surface area contributed by atoms with Crippen molar-refractivity contribution < 1.29 is 14.6 Å². The van der Waals surface area contributed by atoms with E-state index in [0.717, 1.165) is 19.4 Å². The molecular formula is C9H19NO3. The fraction of sp³-hybridized carbons (Fsp3) is 0.889. The van der Waals surface area contributed by atoms with Crippen LogP contribution in [0, 0.1) is 0 Å². The van der Waals surface area contributed by atoms with Crippen LogP contribution >= 0.6 is 0 Å². The van der Waals surface area contributed by atoms with E-state index in [0.29, 0.717) is 19.6 Å². The molecule has 0 atom stereocenters. The first-order valence-electron chi connectivity index (χ1n) is 4.66. The van der Waals surface area contributed by atoms with Crippen molar-refractivity contribution in [3.05, 3.63) is 0 Å². The Labute approximate surface area is 79.5 Å². The smallest absolute Gasteiger partial charge is 0.132 e. The molecule has 13 heavy (non-hydrogen) atoms. The molecule has 1 N–H and O–H groups in total. The Kier molecular flexibility index (Phi) is 9.30. The monoisotopic (exact) mass is 189 g/mol. The van der Waals surface area contributed by atoms with E-state index < -0.39 is 0 Å². The lowest BCUT2D eigenvalue weighted by Crippen LogP contribution is -2.09. The van der Waals surface area contributed by atoms with Crippen LogP contribution in [-0.4, -0.2) is 32.6 Å². The second-order valence-corrected chi connectivity index (χ2v) is 2.91. The second-order valence-electron chi connectivity index (χ2n) is 2.91. The minimum Gasteiger partial charge on any atom is -0.320 e. The largest absolute Gasteiger partial charge is 0.320 e. The van der Waals surface area contributed by atoms with Crippen LogP contribution in [-0.2, 0) is 14.6 Å². The maximum atomic E-state index is 10.5. The van der Waals surface area contributed by atoms with E-state index in [4.69, 9.17) is 9.78 Å². The lowest BCUT2D eigenvalue weighted by atomic mass is 10.3. The van der Waals surface area contributed by atoms with Gasteiger partial charge in [0.25, 0.3) is 0 Å². The Balaban J connectivity index is 2.87. The summed E-state index contributed by atoms with van der Waals surface area (Å²) >= 11 is 0. The fourth-order valence-corrected chi connectivity index (χ4v) is 0.766. The number of unbranched alkanes of at least 4 members (excludes halogenated alkanes) is 1. The van der Waals surface area contributed by atoms with Crippen molar-refractivity contribution >= 4 is 5.78 Å². The van der Waals surface area contributed by atoms with Gasteiger partial charge in [0.1, 0.15) is 5.78 Å². The molecule has 0 aliphatic heterocycles. The predicted molar refractivity (Wildman–Crippen MR) is 50.4 cm³/mol.